The molecule has 0 atom stereocenters. The van der Waals surface area contributed by atoms with E-state index in [1.807, 2.05) is 6.92 Å². The number of para-hydroxylation sites is 1. The summed E-state index contributed by atoms with van der Waals surface area (Å²) < 4.78 is 29.7. The van der Waals surface area contributed by atoms with E-state index in [1.165, 1.54) is 29.1 Å². The molecule has 2 heterocycles. The molecule has 0 radical (unpaired) electrons. The summed E-state index contributed by atoms with van der Waals surface area (Å²) >= 11 is 1.74. The summed E-state index contributed by atoms with van der Waals surface area (Å²) in [5, 5.41) is 5.28. The average Bonchev–Trinajstić information content (AvgIpc) is 3.07. The van der Waals surface area contributed by atoms with Crippen LogP contribution in [0.4, 0.5) is 14.6 Å². The number of hydrogen-bond donors (Lipinski definition) is 1. The number of fused-ring (bicyclic) bond motifs is 3. The number of ether oxygens (including phenoxy) is 1. The third-order valence-corrected chi connectivity index (χ3v) is 5.87. The van der Waals surface area contributed by atoms with Crippen LogP contribution in [0.25, 0.3) is 10.2 Å². The van der Waals surface area contributed by atoms with Gasteiger partial charge in [0.1, 0.15) is 16.4 Å². The average molecular weight is 402 g/mol. The Labute approximate surface area is 165 Å². The molecular formula is C20H20F2N4OS. The van der Waals surface area contributed by atoms with E-state index in [1.54, 1.807) is 29.5 Å². The van der Waals surface area contributed by atoms with Crippen molar-refractivity contribution in [3.05, 3.63) is 46.1 Å². The van der Waals surface area contributed by atoms with Crippen LogP contribution < -0.4 is 10.2 Å². The molecule has 1 aliphatic carbocycles. The molecule has 1 N–H and O–H groups in total. The first-order valence-electron chi connectivity index (χ1n) is 9.29. The predicted octanol–water partition coefficient (Wildman–Crippen LogP) is 5.18. The standard InChI is InChI=1S/C20H20F2N4OS/c1-2-16-24-18(17-13-8-4-6-10-15(13)28-19(17)25-16)26-23-11-12-7-3-5-9-14(12)27-20(21)22/h3,5,7,9,11,20H,2,4,6,8,10H2,1H3,(H,24,25,26)/b23-11+. The number of halogens is 2. The minimum atomic E-state index is -2.88. The zero-order valence-corrected chi connectivity index (χ0v) is 16.2. The van der Waals surface area contributed by atoms with Crippen molar-refractivity contribution in [2.45, 2.75) is 45.6 Å². The molecule has 0 saturated carbocycles. The molecule has 2 aromatic heterocycles. The smallest absolute Gasteiger partial charge is 0.387 e. The third kappa shape index (κ3) is 3.82. The van der Waals surface area contributed by atoms with Gasteiger partial charge in [-0.1, -0.05) is 19.1 Å². The second kappa shape index (κ2) is 8.18. The SMILES string of the molecule is CCc1nc(N/N=C/c2ccccc2OC(F)F)c2c3c(sc2n1)CCCC3. The summed E-state index contributed by atoms with van der Waals surface area (Å²) in [5.41, 5.74) is 4.78. The lowest BCUT2D eigenvalue weighted by Gasteiger charge is -2.12. The third-order valence-electron chi connectivity index (χ3n) is 4.69. The van der Waals surface area contributed by atoms with E-state index in [9.17, 15) is 8.78 Å². The van der Waals surface area contributed by atoms with Gasteiger partial charge in [0, 0.05) is 16.9 Å². The lowest BCUT2D eigenvalue weighted by molar-refractivity contribution is -0.0499. The number of thiophene rings is 1. The molecule has 0 fully saturated rings. The number of aryl methyl sites for hydroxylation is 3. The van der Waals surface area contributed by atoms with Crippen LogP contribution in [-0.2, 0) is 19.3 Å². The van der Waals surface area contributed by atoms with Crippen molar-refractivity contribution in [1.29, 1.82) is 0 Å². The van der Waals surface area contributed by atoms with E-state index >= 15 is 0 Å². The molecule has 0 aliphatic heterocycles. The minimum Gasteiger partial charge on any atom is -0.434 e. The number of nitrogens with zero attached hydrogens (tertiary/aromatic N) is 3. The fourth-order valence-corrected chi connectivity index (χ4v) is 4.67. The maximum atomic E-state index is 12.6. The van der Waals surface area contributed by atoms with E-state index in [4.69, 9.17) is 0 Å². The Balaban J connectivity index is 1.66. The Morgan fingerprint density at radius 3 is 2.89 bits per heavy atom. The Morgan fingerprint density at radius 1 is 1.25 bits per heavy atom. The van der Waals surface area contributed by atoms with Crippen LogP contribution >= 0.6 is 11.3 Å². The highest BCUT2D eigenvalue weighted by Gasteiger charge is 2.20. The number of hydrazone groups is 1. The van der Waals surface area contributed by atoms with Crippen LogP contribution in [0.5, 0.6) is 5.75 Å². The second-order valence-electron chi connectivity index (χ2n) is 6.52. The number of anilines is 1. The first-order valence-corrected chi connectivity index (χ1v) is 10.1. The van der Waals surface area contributed by atoms with Crippen molar-refractivity contribution >= 4 is 33.6 Å². The van der Waals surface area contributed by atoms with E-state index in [2.05, 4.69) is 25.2 Å². The van der Waals surface area contributed by atoms with E-state index in [0.717, 1.165) is 41.7 Å². The molecule has 0 amide bonds. The van der Waals surface area contributed by atoms with Crippen LogP contribution in [0.2, 0.25) is 0 Å². The Hall–Kier alpha value is -2.61. The highest BCUT2D eigenvalue weighted by atomic mass is 32.1. The summed E-state index contributed by atoms with van der Waals surface area (Å²) in [5.74, 6) is 1.51. The van der Waals surface area contributed by atoms with Crippen molar-refractivity contribution < 1.29 is 13.5 Å². The van der Waals surface area contributed by atoms with Crippen LogP contribution in [-0.4, -0.2) is 22.8 Å². The number of nitrogens with one attached hydrogen (secondary N) is 1. The summed E-state index contributed by atoms with van der Waals surface area (Å²) in [6.45, 7) is -0.868. The van der Waals surface area contributed by atoms with Crippen LogP contribution in [0.3, 0.4) is 0 Å². The Morgan fingerprint density at radius 2 is 2.07 bits per heavy atom. The van der Waals surface area contributed by atoms with Crippen molar-refractivity contribution in [2.75, 3.05) is 5.43 Å². The van der Waals surface area contributed by atoms with Gasteiger partial charge in [0.15, 0.2) is 5.82 Å². The number of rotatable bonds is 6. The van der Waals surface area contributed by atoms with Crippen molar-refractivity contribution in [2.24, 2.45) is 5.10 Å². The van der Waals surface area contributed by atoms with E-state index < -0.39 is 6.61 Å². The minimum absolute atomic E-state index is 0.0815. The molecule has 0 spiro atoms. The van der Waals surface area contributed by atoms with Gasteiger partial charge in [0.2, 0.25) is 0 Å². The number of aromatic nitrogens is 2. The molecule has 0 bridgehead atoms. The largest absolute Gasteiger partial charge is 0.434 e. The van der Waals surface area contributed by atoms with Gasteiger partial charge in [-0.2, -0.15) is 13.9 Å². The van der Waals surface area contributed by atoms with E-state index in [0.29, 0.717) is 11.4 Å². The highest BCUT2D eigenvalue weighted by molar-refractivity contribution is 7.19. The van der Waals surface area contributed by atoms with Crippen molar-refractivity contribution in [1.82, 2.24) is 9.97 Å². The monoisotopic (exact) mass is 402 g/mol. The quantitative estimate of drug-likeness (QED) is 0.456. The summed E-state index contributed by atoms with van der Waals surface area (Å²) in [6.07, 6.45) is 6.66. The maximum Gasteiger partial charge on any atom is 0.387 e. The first kappa shape index (κ1) is 18.7. The number of hydrogen-bond acceptors (Lipinski definition) is 6. The summed E-state index contributed by atoms with van der Waals surface area (Å²) in [4.78, 5) is 11.7. The normalized spacial score (nSPS) is 14.0. The molecule has 0 unspecified atom stereocenters. The van der Waals surface area contributed by atoms with Crippen LogP contribution in [0, 0.1) is 0 Å². The molecule has 8 heteroatoms. The molecular weight excluding hydrogens is 382 g/mol. The molecule has 5 nitrogen and oxygen atoms in total. The fraction of sp³-hybridized carbons (Fsp3) is 0.350. The van der Waals surface area contributed by atoms with Gasteiger partial charge in [-0.3, -0.25) is 5.43 Å². The van der Waals surface area contributed by atoms with E-state index in [-0.39, 0.29) is 5.75 Å². The van der Waals surface area contributed by atoms with Gasteiger partial charge in [-0.25, -0.2) is 9.97 Å². The molecule has 1 aliphatic rings. The van der Waals surface area contributed by atoms with Gasteiger partial charge in [-0.05, 0) is 43.4 Å². The van der Waals surface area contributed by atoms with Crippen molar-refractivity contribution in [3.8, 4) is 5.75 Å². The Kier molecular flexibility index (Phi) is 5.47. The van der Waals surface area contributed by atoms with Crippen molar-refractivity contribution in [3.63, 3.8) is 0 Å². The maximum absolute atomic E-state index is 12.6. The van der Waals surface area contributed by atoms with Gasteiger partial charge >= 0.3 is 6.61 Å². The van der Waals surface area contributed by atoms with Gasteiger partial charge < -0.3 is 4.74 Å². The summed E-state index contributed by atoms with van der Waals surface area (Å²) in [6, 6.07) is 6.54. The number of alkyl halides is 2. The molecule has 0 saturated heterocycles. The molecule has 146 valence electrons. The van der Waals surface area contributed by atoms with Crippen LogP contribution in [0.15, 0.2) is 29.4 Å². The zero-order chi connectivity index (χ0) is 19.5. The zero-order valence-electron chi connectivity index (χ0n) is 15.4. The van der Waals surface area contributed by atoms with Gasteiger partial charge in [-0.15, -0.1) is 11.3 Å². The molecule has 4 rings (SSSR count). The second-order valence-corrected chi connectivity index (χ2v) is 7.60. The highest BCUT2D eigenvalue weighted by Crippen LogP contribution is 2.38. The fourth-order valence-electron chi connectivity index (χ4n) is 3.39. The lowest BCUT2D eigenvalue weighted by Crippen LogP contribution is -2.05. The molecule has 1 aromatic carbocycles. The summed E-state index contributed by atoms with van der Waals surface area (Å²) in [7, 11) is 0. The first-order chi connectivity index (χ1) is 13.7. The predicted molar refractivity (Wildman–Crippen MR) is 108 cm³/mol. The Bertz CT molecular complexity index is 1020. The number of benzene rings is 1. The topological polar surface area (TPSA) is 59.4 Å². The lowest BCUT2D eigenvalue weighted by atomic mass is 9.97. The van der Waals surface area contributed by atoms with Crippen LogP contribution in [0.1, 0.15) is 41.6 Å². The molecule has 3 aromatic rings. The van der Waals surface area contributed by atoms with Gasteiger partial charge in [0.25, 0.3) is 0 Å². The van der Waals surface area contributed by atoms with Gasteiger partial charge in [0.05, 0.1) is 11.6 Å². The molecule has 28 heavy (non-hydrogen) atoms.